The van der Waals surface area contributed by atoms with E-state index in [2.05, 4.69) is 6.92 Å². The Morgan fingerprint density at radius 1 is 0.889 bits per heavy atom. The van der Waals surface area contributed by atoms with Gasteiger partial charge in [-0.1, -0.05) is 6.92 Å². The smallest absolute Gasteiger partial charge is 0.227 e. The van der Waals surface area contributed by atoms with Crippen LogP contribution in [0.25, 0.3) is 0 Å². The lowest BCUT2D eigenvalue weighted by atomic mass is 9.92. The first-order chi connectivity index (χ1) is 12.7. The van der Waals surface area contributed by atoms with E-state index in [1.807, 2.05) is 35.5 Å². The van der Waals surface area contributed by atoms with E-state index in [1.54, 1.807) is 0 Å². The van der Waals surface area contributed by atoms with Crippen molar-refractivity contribution in [2.45, 2.75) is 65.3 Å². The molecule has 0 aromatic rings. The zero-order valence-corrected chi connectivity index (χ0v) is 17.4. The lowest BCUT2D eigenvalue weighted by molar-refractivity contribution is -0.143. The largest absolute Gasteiger partial charge is 0.342 e. The predicted molar refractivity (Wildman–Crippen MR) is 104 cm³/mol. The van der Waals surface area contributed by atoms with Crippen molar-refractivity contribution in [2.75, 3.05) is 32.7 Å². The lowest BCUT2D eigenvalue weighted by Crippen LogP contribution is -2.48. The summed E-state index contributed by atoms with van der Waals surface area (Å²) in [5, 5.41) is 0. The molecule has 0 bridgehead atoms. The molecule has 0 N–H and O–H groups in total. The van der Waals surface area contributed by atoms with Crippen molar-refractivity contribution in [3.05, 3.63) is 0 Å². The number of nitrogens with zero attached hydrogens (tertiary/aromatic N) is 3. The fourth-order valence-corrected chi connectivity index (χ4v) is 4.77. The summed E-state index contributed by atoms with van der Waals surface area (Å²) in [4.78, 5) is 43.7. The summed E-state index contributed by atoms with van der Waals surface area (Å²) in [7, 11) is 0. The number of piperidine rings is 2. The standard InChI is InChI=1S/C21H35N3O3/c1-15-6-5-9-23(13-15)19(26)16-7-10-22(11-8-16)20(27)17-12-18(25)24(14-17)21(2,3)4/h15-17H,5-14H2,1-4H3. The molecule has 0 aromatic heterocycles. The van der Waals surface area contributed by atoms with Crippen molar-refractivity contribution in [3.8, 4) is 0 Å². The Kier molecular flexibility index (Phi) is 5.82. The molecule has 0 aliphatic carbocycles. The zero-order valence-electron chi connectivity index (χ0n) is 17.4. The molecular weight excluding hydrogens is 342 g/mol. The molecule has 3 saturated heterocycles. The molecule has 6 heteroatoms. The minimum absolute atomic E-state index is 0.0515. The number of carbonyl (C=O) groups excluding carboxylic acids is 3. The summed E-state index contributed by atoms with van der Waals surface area (Å²) in [6.07, 6.45) is 4.13. The van der Waals surface area contributed by atoms with Crippen LogP contribution in [0.4, 0.5) is 0 Å². The fourth-order valence-electron chi connectivity index (χ4n) is 4.77. The van der Waals surface area contributed by atoms with Gasteiger partial charge in [0.2, 0.25) is 17.7 Å². The van der Waals surface area contributed by atoms with Crippen LogP contribution < -0.4 is 0 Å². The van der Waals surface area contributed by atoms with Gasteiger partial charge in [-0.15, -0.1) is 0 Å². The minimum Gasteiger partial charge on any atom is -0.342 e. The van der Waals surface area contributed by atoms with Gasteiger partial charge in [-0.2, -0.15) is 0 Å². The first-order valence-corrected chi connectivity index (χ1v) is 10.5. The van der Waals surface area contributed by atoms with Crippen molar-refractivity contribution in [1.29, 1.82) is 0 Å². The number of hydrogen-bond acceptors (Lipinski definition) is 3. The number of likely N-dealkylation sites (tertiary alicyclic amines) is 3. The lowest BCUT2D eigenvalue weighted by Gasteiger charge is -2.38. The van der Waals surface area contributed by atoms with E-state index in [-0.39, 0.29) is 35.1 Å². The summed E-state index contributed by atoms with van der Waals surface area (Å²) in [6, 6.07) is 0. The summed E-state index contributed by atoms with van der Waals surface area (Å²) in [5.74, 6) is 0.860. The number of amides is 3. The zero-order chi connectivity index (χ0) is 19.8. The number of hydrogen-bond donors (Lipinski definition) is 0. The average Bonchev–Trinajstić information content (AvgIpc) is 3.03. The highest BCUT2D eigenvalue weighted by Gasteiger charge is 2.42. The predicted octanol–water partition coefficient (Wildman–Crippen LogP) is 2.13. The first kappa shape index (κ1) is 20.2. The van der Waals surface area contributed by atoms with Crippen LogP contribution in [-0.4, -0.2) is 70.7 Å². The molecule has 0 radical (unpaired) electrons. The number of carbonyl (C=O) groups is 3. The third kappa shape index (κ3) is 4.46. The molecule has 6 nitrogen and oxygen atoms in total. The first-order valence-electron chi connectivity index (χ1n) is 10.5. The van der Waals surface area contributed by atoms with E-state index >= 15 is 0 Å². The summed E-state index contributed by atoms with van der Waals surface area (Å²) in [6.45, 7) is 11.8. The van der Waals surface area contributed by atoms with Gasteiger partial charge in [0.1, 0.15) is 0 Å². The van der Waals surface area contributed by atoms with Gasteiger partial charge in [0.25, 0.3) is 0 Å². The van der Waals surface area contributed by atoms with Gasteiger partial charge >= 0.3 is 0 Å². The average molecular weight is 378 g/mol. The minimum atomic E-state index is -0.239. The fraction of sp³-hybridized carbons (Fsp3) is 0.857. The quantitative estimate of drug-likeness (QED) is 0.741. The molecule has 3 aliphatic rings. The Balaban J connectivity index is 1.51. The van der Waals surface area contributed by atoms with Crippen LogP contribution in [0.1, 0.15) is 59.8 Å². The van der Waals surface area contributed by atoms with Crippen molar-refractivity contribution in [1.82, 2.24) is 14.7 Å². The highest BCUT2D eigenvalue weighted by atomic mass is 16.2. The van der Waals surface area contributed by atoms with E-state index in [1.165, 1.54) is 6.42 Å². The van der Waals surface area contributed by atoms with Crippen LogP contribution in [-0.2, 0) is 14.4 Å². The van der Waals surface area contributed by atoms with Crippen LogP contribution in [0, 0.1) is 17.8 Å². The van der Waals surface area contributed by atoms with Gasteiger partial charge in [-0.3, -0.25) is 14.4 Å². The summed E-state index contributed by atoms with van der Waals surface area (Å²) in [5.41, 5.74) is -0.239. The molecule has 152 valence electrons. The van der Waals surface area contributed by atoms with Gasteiger partial charge in [0.15, 0.2) is 0 Å². The Morgan fingerprint density at radius 2 is 1.52 bits per heavy atom. The molecule has 3 fully saturated rings. The number of rotatable bonds is 2. The van der Waals surface area contributed by atoms with Crippen LogP contribution >= 0.6 is 0 Å². The maximum absolute atomic E-state index is 12.9. The van der Waals surface area contributed by atoms with E-state index in [0.29, 0.717) is 32.0 Å². The van der Waals surface area contributed by atoms with Crippen molar-refractivity contribution >= 4 is 17.7 Å². The monoisotopic (exact) mass is 377 g/mol. The molecule has 3 rings (SSSR count). The third-order valence-electron chi connectivity index (χ3n) is 6.41. The second-order valence-corrected chi connectivity index (χ2v) is 9.71. The maximum atomic E-state index is 12.9. The van der Waals surface area contributed by atoms with Crippen LogP contribution in [0.2, 0.25) is 0 Å². The Hall–Kier alpha value is -1.59. The van der Waals surface area contributed by atoms with E-state index < -0.39 is 0 Å². The SMILES string of the molecule is CC1CCCN(C(=O)C2CCN(C(=O)C3CC(=O)N(C(C)(C)C)C3)CC2)C1. The van der Waals surface area contributed by atoms with Gasteiger partial charge in [-0.25, -0.2) is 0 Å². The second-order valence-electron chi connectivity index (χ2n) is 9.71. The Morgan fingerprint density at radius 3 is 2.07 bits per heavy atom. The van der Waals surface area contributed by atoms with E-state index in [0.717, 1.165) is 32.4 Å². The van der Waals surface area contributed by atoms with Gasteiger partial charge in [0, 0.05) is 50.6 Å². The Bertz CT molecular complexity index is 590. The van der Waals surface area contributed by atoms with E-state index in [9.17, 15) is 14.4 Å². The molecule has 3 aliphatic heterocycles. The molecule has 0 spiro atoms. The molecule has 0 aromatic carbocycles. The second kappa shape index (κ2) is 7.80. The molecule has 2 atom stereocenters. The topological polar surface area (TPSA) is 60.9 Å². The molecule has 3 heterocycles. The van der Waals surface area contributed by atoms with Gasteiger partial charge in [0.05, 0.1) is 5.92 Å². The highest BCUT2D eigenvalue weighted by Crippen LogP contribution is 2.29. The molecular formula is C21H35N3O3. The maximum Gasteiger partial charge on any atom is 0.227 e. The van der Waals surface area contributed by atoms with Gasteiger partial charge < -0.3 is 14.7 Å². The Labute approximate surface area is 163 Å². The van der Waals surface area contributed by atoms with Crippen molar-refractivity contribution in [2.24, 2.45) is 17.8 Å². The van der Waals surface area contributed by atoms with E-state index in [4.69, 9.17) is 0 Å². The van der Waals surface area contributed by atoms with Crippen LogP contribution in [0.5, 0.6) is 0 Å². The molecule has 0 saturated carbocycles. The summed E-state index contributed by atoms with van der Waals surface area (Å²) >= 11 is 0. The highest BCUT2D eigenvalue weighted by molar-refractivity contribution is 5.90. The van der Waals surface area contributed by atoms with Crippen LogP contribution in [0.3, 0.4) is 0 Å². The summed E-state index contributed by atoms with van der Waals surface area (Å²) < 4.78 is 0. The molecule has 3 amide bonds. The molecule has 27 heavy (non-hydrogen) atoms. The van der Waals surface area contributed by atoms with Gasteiger partial charge in [-0.05, 0) is 52.4 Å². The normalized spacial score (nSPS) is 28.0. The molecule has 2 unspecified atom stereocenters. The van der Waals surface area contributed by atoms with Crippen LogP contribution in [0.15, 0.2) is 0 Å². The van der Waals surface area contributed by atoms with Crippen molar-refractivity contribution in [3.63, 3.8) is 0 Å². The van der Waals surface area contributed by atoms with Crippen molar-refractivity contribution < 1.29 is 14.4 Å². The third-order valence-corrected chi connectivity index (χ3v) is 6.41.